The van der Waals surface area contributed by atoms with Crippen molar-refractivity contribution in [3.8, 4) is 11.5 Å². The molecule has 0 bridgehead atoms. The molecule has 0 saturated carbocycles. The molecule has 0 unspecified atom stereocenters. The van der Waals surface area contributed by atoms with E-state index in [9.17, 15) is 14.7 Å². The maximum absolute atomic E-state index is 13.2. The number of aromatic amines is 2. The Bertz CT molecular complexity index is 1200. The zero-order chi connectivity index (χ0) is 18.7. The van der Waals surface area contributed by atoms with Gasteiger partial charge in [0.25, 0.3) is 5.56 Å². The van der Waals surface area contributed by atoms with Gasteiger partial charge in [-0.15, -0.1) is 0 Å². The highest BCUT2D eigenvalue weighted by Crippen LogP contribution is 2.50. The van der Waals surface area contributed by atoms with Gasteiger partial charge >= 0.3 is 0 Å². The van der Waals surface area contributed by atoms with E-state index < -0.39 is 5.92 Å². The van der Waals surface area contributed by atoms with Crippen LogP contribution in [0.25, 0.3) is 5.70 Å². The van der Waals surface area contributed by atoms with E-state index in [0.29, 0.717) is 33.8 Å². The molecule has 2 heterocycles. The quantitative estimate of drug-likeness (QED) is 0.561. The van der Waals surface area contributed by atoms with Crippen LogP contribution in [0.4, 0.5) is 5.82 Å². The molecule has 4 N–H and O–H groups in total. The summed E-state index contributed by atoms with van der Waals surface area (Å²) in [5.74, 6) is -0.206. The number of fused-ring (bicyclic) bond motifs is 3. The third kappa shape index (κ3) is 1.96. The lowest BCUT2D eigenvalue weighted by Gasteiger charge is -2.26. The summed E-state index contributed by atoms with van der Waals surface area (Å²) in [7, 11) is 1.46. The minimum Gasteiger partial charge on any atom is -0.504 e. The van der Waals surface area contributed by atoms with Crippen LogP contribution in [0.1, 0.15) is 33.0 Å². The second-order valence-electron chi connectivity index (χ2n) is 6.49. The van der Waals surface area contributed by atoms with Crippen molar-refractivity contribution in [2.75, 3.05) is 12.4 Å². The Morgan fingerprint density at radius 1 is 1.00 bits per heavy atom. The Morgan fingerprint density at radius 3 is 2.56 bits per heavy atom. The number of hydrogen-bond acceptors (Lipinski definition) is 5. The molecule has 1 aromatic heterocycles. The van der Waals surface area contributed by atoms with E-state index >= 15 is 0 Å². The molecule has 2 aliphatic rings. The van der Waals surface area contributed by atoms with Crippen LogP contribution in [-0.2, 0) is 0 Å². The molecule has 0 radical (unpaired) electrons. The molecular formula is C20H15N3O4. The summed E-state index contributed by atoms with van der Waals surface area (Å²) >= 11 is 0. The Morgan fingerprint density at radius 2 is 1.78 bits per heavy atom. The van der Waals surface area contributed by atoms with Crippen LogP contribution in [0.5, 0.6) is 11.5 Å². The van der Waals surface area contributed by atoms with Crippen LogP contribution in [0.2, 0.25) is 0 Å². The minimum absolute atomic E-state index is 0.0888. The monoisotopic (exact) mass is 361 g/mol. The number of ether oxygens (including phenoxy) is 1. The summed E-state index contributed by atoms with van der Waals surface area (Å²) in [6.45, 7) is 0. The van der Waals surface area contributed by atoms with Gasteiger partial charge < -0.3 is 15.2 Å². The number of anilines is 1. The van der Waals surface area contributed by atoms with E-state index in [4.69, 9.17) is 4.74 Å². The summed E-state index contributed by atoms with van der Waals surface area (Å²) in [6, 6.07) is 12.3. The molecule has 134 valence electrons. The van der Waals surface area contributed by atoms with Crippen molar-refractivity contribution in [2.45, 2.75) is 5.92 Å². The van der Waals surface area contributed by atoms with Crippen molar-refractivity contribution in [3.05, 3.63) is 80.6 Å². The fraction of sp³-hybridized carbons (Fsp3) is 0.100. The number of Topliss-reactive ketones (excluding diaryl/α,β-unsaturated/α-hetero) is 1. The number of rotatable bonds is 2. The lowest BCUT2D eigenvalue weighted by atomic mass is 9.81. The second-order valence-corrected chi connectivity index (χ2v) is 6.49. The Hall–Kier alpha value is -3.74. The van der Waals surface area contributed by atoms with Crippen molar-refractivity contribution in [3.63, 3.8) is 0 Å². The number of hydrogen-bond donors (Lipinski definition) is 4. The van der Waals surface area contributed by atoms with Crippen LogP contribution < -0.4 is 15.6 Å². The molecule has 7 nitrogen and oxygen atoms in total. The van der Waals surface area contributed by atoms with E-state index in [-0.39, 0.29) is 22.8 Å². The number of benzene rings is 2. The molecule has 7 heteroatoms. The van der Waals surface area contributed by atoms with Crippen LogP contribution in [-0.4, -0.2) is 28.2 Å². The highest BCUT2D eigenvalue weighted by atomic mass is 16.5. The number of allylic oxidation sites excluding steroid dienone is 1. The normalized spacial score (nSPS) is 17.2. The molecule has 0 fully saturated rings. The number of nitrogens with one attached hydrogen (secondary N) is 3. The van der Waals surface area contributed by atoms with E-state index in [1.54, 1.807) is 30.3 Å². The lowest BCUT2D eigenvalue weighted by molar-refractivity contribution is 0.103. The van der Waals surface area contributed by atoms with Crippen molar-refractivity contribution in [1.82, 2.24) is 10.2 Å². The van der Waals surface area contributed by atoms with Crippen LogP contribution in [0.15, 0.2) is 52.8 Å². The lowest BCUT2D eigenvalue weighted by Crippen LogP contribution is -2.23. The maximum Gasteiger partial charge on any atom is 0.270 e. The van der Waals surface area contributed by atoms with Crippen molar-refractivity contribution in [1.29, 1.82) is 0 Å². The van der Waals surface area contributed by atoms with Gasteiger partial charge in [0, 0.05) is 22.3 Å². The SMILES string of the molecule is COc1cccc([C@@H]2C3=C(Nc4[nH][nH]c(=O)c42)c2ccccc2C3=O)c1O. The highest BCUT2D eigenvalue weighted by molar-refractivity contribution is 6.23. The predicted molar refractivity (Wildman–Crippen MR) is 99.2 cm³/mol. The van der Waals surface area contributed by atoms with Gasteiger partial charge in [0.05, 0.1) is 24.3 Å². The number of para-hydroxylation sites is 1. The van der Waals surface area contributed by atoms with E-state index in [0.717, 1.165) is 5.56 Å². The molecule has 5 rings (SSSR count). The van der Waals surface area contributed by atoms with Crippen LogP contribution in [0.3, 0.4) is 0 Å². The summed E-state index contributed by atoms with van der Waals surface area (Å²) in [5, 5.41) is 19.3. The summed E-state index contributed by atoms with van der Waals surface area (Å²) < 4.78 is 5.22. The standard InChI is InChI=1S/C20H15N3O4/c1-27-12-8-4-7-11(17(12)24)13-14-16(21-19-15(13)20(26)23-22-19)9-5-2-3-6-10(9)18(14)25/h2-8,13,24H,1H3,(H3,21,22,23,26)/t13-/m1/s1. The average Bonchev–Trinajstić information content (AvgIpc) is 3.20. The molecule has 1 atom stereocenters. The van der Waals surface area contributed by atoms with Crippen molar-refractivity contribution >= 4 is 17.3 Å². The Kier molecular flexibility index (Phi) is 3.09. The second kappa shape index (κ2) is 5.38. The van der Waals surface area contributed by atoms with Gasteiger partial charge in [-0.3, -0.25) is 19.8 Å². The first-order valence-corrected chi connectivity index (χ1v) is 8.43. The Balaban J connectivity index is 1.83. The molecular weight excluding hydrogens is 346 g/mol. The first kappa shape index (κ1) is 15.5. The van der Waals surface area contributed by atoms with Gasteiger partial charge in [0.2, 0.25) is 0 Å². The minimum atomic E-state index is -0.721. The highest BCUT2D eigenvalue weighted by Gasteiger charge is 2.43. The zero-order valence-electron chi connectivity index (χ0n) is 14.3. The zero-order valence-corrected chi connectivity index (χ0v) is 14.3. The third-order valence-electron chi connectivity index (χ3n) is 5.16. The average molecular weight is 361 g/mol. The largest absolute Gasteiger partial charge is 0.504 e. The summed E-state index contributed by atoms with van der Waals surface area (Å²) in [5.41, 5.74) is 2.89. The number of H-pyrrole nitrogens is 2. The molecule has 0 saturated heterocycles. The predicted octanol–water partition coefficient (Wildman–Crippen LogP) is 2.58. The van der Waals surface area contributed by atoms with Crippen molar-refractivity contribution in [2.24, 2.45) is 0 Å². The number of methoxy groups -OCH3 is 1. The van der Waals surface area contributed by atoms with Gasteiger partial charge in [0.1, 0.15) is 5.82 Å². The number of carbonyl (C=O) groups excluding carboxylic acids is 1. The van der Waals surface area contributed by atoms with E-state index in [1.807, 2.05) is 12.1 Å². The smallest absolute Gasteiger partial charge is 0.270 e. The van der Waals surface area contributed by atoms with Gasteiger partial charge in [-0.05, 0) is 6.07 Å². The molecule has 27 heavy (non-hydrogen) atoms. The van der Waals surface area contributed by atoms with E-state index in [1.165, 1.54) is 7.11 Å². The number of ketones is 1. The van der Waals surface area contributed by atoms with E-state index in [2.05, 4.69) is 15.5 Å². The van der Waals surface area contributed by atoms with Gasteiger partial charge in [0.15, 0.2) is 17.3 Å². The number of aromatic nitrogens is 2. The number of phenols is 1. The number of aromatic hydroxyl groups is 1. The van der Waals surface area contributed by atoms with Crippen molar-refractivity contribution < 1.29 is 14.6 Å². The van der Waals surface area contributed by atoms with Crippen LogP contribution >= 0.6 is 0 Å². The number of carbonyl (C=O) groups is 1. The van der Waals surface area contributed by atoms with Crippen LogP contribution in [0, 0.1) is 0 Å². The molecule has 0 spiro atoms. The van der Waals surface area contributed by atoms with Gasteiger partial charge in [-0.2, -0.15) is 0 Å². The topological polar surface area (TPSA) is 107 Å². The maximum atomic E-state index is 13.2. The summed E-state index contributed by atoms with van der Waals surface area (Å²) in [6.07, 6.45) is 0. The molecule has 3 aromatic rings. The first-order chi connectivity index (χ1) is 13.1. The van der Waals surface area contributed by atoms with Gasteiger partial charge in [-0.1, -0.05) is 36.4 Å². The molecule has 1 aliphatic heterocycles. The fourth-order valence-corrected chi connectivity index (χ4v) is 3.97. The summed E-state index contributed by atoms with van der Waals surface area (Å²) in [4.78, 5) is 25.7. The third-order valence-corrected chi connectivity index (χ3v) is 5.16. The fourth-order valence-electron chi connectivity index (χ4n) is 3.97. The molecule has 1 aliphatic carbocycles. The number of phenolic OH excluding ortho intramolecular Hbond substituents is 1. The molecule has 2 aromatic carbocycles. The molecule has 0 amide bonds. The Labute approximate surface area is 153 Å². The first-order valence-electron chi connectivity index (χ1n) is 8.43. The van der Waals surface area contributed by atoms with Gasteiger partial charge in [-0.25, -0.2) is 0 Å².